The summed E-state index contributed by atoms with van der Waals surface area (Å²) >= 11 is 2.05. The topological polar surface area (TPSA) is 24.9 Å². The molecule has 0 radical (unpaired) electrons. The van der Waals surface area contributed by atoms with Crippen molar-refractivity contribution in [3.63, 3.8) is 0 Å². The van der Waals surface area contributed by atoms with Gasteiger partial charge in [0.2, 0.25) is 0 Å². The molecule has 17 heavy (non-hydrogen) atoms. The molecule has 0 aliphatic carbocycles. The van der Waals surface area contributed by atoms with E-state index in [1.807, 2.05) is 30.1 Å². The second kappa shape index (κ2) is 4.57. The van der Waals surface area contributed by atoms with Crippen molar-refractivity contribution in [3.8, 4) is 0 Å². The highest BCUT2D eigenvalue weighted by Crippen LogP contribution is 2.28. The summed E-state index contributed by atoms with van der Waals surface area (Å²) in [5, 5.41) is 5.56. The van der Waals surface area contributed by atoms with Crippen molar-refractivity contribution in [2.24, 2.45) is 0 Å². The number of fused-ring (bicyclic) bond motifs is 1. The van der Waals surface area contributed by atoms with E-state index in [-0.39, 0.29) is 0 Å². The smallest absolute Gasteiger partial charge is 0.0703 e. The molecular formula is C14H16N2S. The van der Waals surface area contributed by atoms with Gasteiger partial charge in [-0.3, -0.25) is 4.98 Å². The van der Waals surface area contributed by atoms with Gasteiger partial charge in [-0.05, 0) is 18.6 Å². The average Bonchev–Trinajstić information content (AvgIpc) is 2.75. The van der Waals surface area contributed by atoms with Crippen molar-refractivity contribution in [1.29, 1.82) is 0 Å². The molecule has 1 N–H and O–H groups in total. The summed E-state index contributed by atoms with van der Waals surface area (Å²) < 4.78 is 0. The van der Waals surface area contributed by atoms with Crippen molar-refractivity contribution in [2.75, 3.05) is 11.1 Å². The van der Waals surface area contributed by atoms with Crippen molar-refractivity contribution >= 4 is 28.4 Å². The van der Waals surface area contributed by atoms with E-state index < -0.39 is 0 Å². The second-order valence-corrected chi connectivity index (χ2v) is 6.11. The van der Waals surface area contributed by atoms with Crippen molar-refractivity contribution < 1.29 is 0 Å². The van der Waals surface area contributed by atoms with E-state index in [0.717, 1.165) is 16.5 Å². The first-order chi connectivity index (χ1) is 8.31. The first kappa shape index (κ1) is 10.9. The van der Waals surface area contributed by atoms with Crippen molar-refractivity contribution in [2.45, 2.75) is 24.6 Å². The third-order valence-electron chi connectivity index (χ3n) is 3.16. The highest BCUT2D eigenvalue weighted by atomic mass is 32.2. The minimum atomic E-state index is 0.595. The lowest BCUT2D eigenvalue weighted by Crippen LogP contribution is -2.18. The molecule has 0 spiro atoms. The summed E-state index contributed by atoms with van der Waals surface area (Å²) in [7, 11) is 0. The van der Waals surface area contributed by atoms with Gasteiger partial charge in [0.1, 0.15) is 0 Å². The molecular weight excluding hydrogens is 228 g/mol. The number of nitrogens with one attached hydrogen (secondary N) is 1. The normalized spacial score (nSPS) is 24.1. The Labute approximate surface area is 106 Å². The summed E-state index contributed by atoms with van der Waals surface area (Å²) in [6, 6.07) is 11.0. The summed E-state index contributed by atoms with van der Waals surface area (Å²) in [4.78, 5) is 4.47. The molecule has 0 saturated carbocycles. The van der Waals surface area contributed by atoms with Gasteiger partial charge in [0, 0.05) is 22.4 Å². The maximum Gasteiger partial charge on any atom is 0.0703 e. The molecule has 1 saturated heterocycles. The molecule has 3 heteroatoms. The van der Waals surface area contributed by atoms with Crippen molar-refractivity contribution in [1.82, 2.24) is 4.98 Å². The minimum Gasteiger partial charge on any atom is -0.380 e. The number of aromatic nitrogens is 1. The van der Waals surface area contributed by atoms with E-state index in [1.165, 1.54) is 17.6 Å². The molecule has 88 valence electrons. The molecule has 1 aliphatic rings. The monoisotopic (exact) mass is 244 g/mol. The van der Waals surface area contributed by atoms with Gasteiger partial charge in [-0.15, -0.1) is 0 Å². The quantitative estimate of drug-likeness (QED) is 0.874. The summed E-state index contributed by atoms with van der Waals surface area (Å²) in [5.74, 6) is 1.20. The number of anilines is 1. The van der Waals surface area contributed by atoms with Gasteiger partial charge in [-0.25, -0.2) is 0 Å². The fourth-order valence-electron chi connectivity index (χ4n) is 2.30. The molecule has 1 fully saturated rings. The Balaban J connectivity index is 1.81. The molecule has 1 aromatic heterocycles. The molecule has 1 aliphatic heterocycles. The number of benzene rings is 1. The van der Waals surface area contributed by atoms with E-state index >= 15 is 0 Å². The molecule has 2 aromatic rings. The van der Waals surface area contributed by atoms with Crippen LogP contribution in [0.3, 0.4) is 0 Å². The van der Waals surface area contributed by atoms with Crippen LogP contribution in [0.15, 0.2) is 36.5 Å². The van der Waals surface area contributed by atoms with Crippen LogP contribution in [0.4, 0.5) is 5.69 Å². The number of thioether (sulfide) groups is 1. The van der Waals surface area contributed by atoms with Gasteiger partial charge in [-0.2, -0.15) is 11.8 Å². The van der Waals surface area contributed by atoms with E-state index in [2.05, 4.69) is 35.4 Å². The summed E-state index contributed by atoms with van der Waals surface area (Å²) in [5.41, 5.74) is 2.20. The number of hydrogen-bond acceptors (Lipinski definition) is 3. The van der Waals surface area contributed by atoms with Crippen LogP contribution in [-0.2, 0) is 0 Å². The van der Waals surface area contributed by atoms with Crippen LogP contribution in [0, 0.1) is 0 Å². The molecule has 2 nitrogen and oxygen atoms in total. The molecule has 1 aromatic carbocycles. The highest BCUT2D eigenvalue weighted by Gasteiger charge is 2.21. The lowest BCUT2D eigenvalue weighted by atomic mass is 10.1. The lowest BCUT2D eigenvalue weighted by molar-refractivity contribution is 0.747. The number of hydrogen-bond donors (Lipinski definition) is 1. The maximum absolute atomic E-state index is 4.47. The molecule has 0 amide bonds. The molecule has 2 unspecified atom stereocenters. The van der Waals surface area contributed by atoms with Gasteiger partial charge >= 0.3 is 0 Å². The molecule has 2 atom stereocenters. The second-order valence-electron chi connectivity index (χ2n) is 4.64. The lowest BCUT2D eigenvalue weighted by Gasteiger charge is -2.13. The van der Waals surface area contributed by atoms with Crippen LogP contribution in [0.5, 0.6) is 0 Å². The molecule has 3 rings (SSSR count). The number of rotatable bonds is 2. The van der Waals surface area contributed by atoms with Crippen LogP contribution in [0.1, 0.15) is 13.3 Å². The van der Waals surface area contributed by atoms with Crippen LogP contribution in [0.25, 0.3) is 10.9 Å². The van der Waals surface area contributed by atoms with E-state index in [9.17, 15) is 0 Å². The number of pyridine rings is 1. The Morgan fingerprint density at radius 2 is 2.24 bits per heavy atom. The zero-order chi connectivity index (χ0) is 11.7. The van der Waals surface area contributed by atoms with Crippen LogP contribution < -0.4 is 5.32 Å². The predicted octanol–water partition coefficient (Wildman–Crippen LogP) is 3.54. The van der Waals surface area contributed by atoms with E-state index in [1.54, 1.807) is 0 Å². The summed E-state index contributed by atoms with van der Waals surface area (Å²) in [6.07, 6.45) is 3.19. The van der Waals surface area contributed by atoms with E-state index in [4.69, 9.17) is 0 Å². The van der Waals surface area contributed by atoms with Crippen molar-refractivity contribution in [3.05, 3.63) is 36.5 Å². The SMILES string of the molecule is CC1CC(Nc2cnc3ccccc3c2)CS1. The third kappa shape index (κ3) is 2.39. The Bertz CT molecular complexity index is 526. The number of para-hydroxylation sites is 1. The zero-order valence-corrected chi connectivity index (χ0v) is 10.7. The molecule has 0 bridgehead atoms. The Morgan fingerprint density at radius 1 is 1.35 bits per heavy atom. The zero-order valence-electron chi connectivity index (χ0n) is 9.89. The van der Waals surface area contributed by atoms with Gasteiger partial charge in [0.05, 0.1) is 17.4 Å². The van der Waals surface area contributed by atoms with Gasteiger partial charge in [0.15, 0.2) is 0 Å². The van der Waals surface area contributed by atoms with Crippen LogP contribution in [0.2, 0.25) is 0 Å². The minimum absolute atomic E-state index is 0.595. The fraction of sp³-hybridized carbons (Fsp3) is 0.357. The standard InChI is InChI=1S/C14H16N2S/c1-10-6-13(9-17-10)16-12-7-11-4-2-3-5-14(11)15-8-12/h2-5,7-8,10,13,16H,6,9H2,1H3. The summed E-state index contributed by atoms with van der Waals surface area (Å²) in [6.45, 7) is 2.30. The Morgan fingerprint density at radius 3 is 3.06 bits per heavy atom. The Kier molecular flexibility index (Phi) is 2.93. The fourth-order valence-corrected chi connectivity index (χ4v) is 3.45. The predicted molar refractivity (Wildman–Crippen MR) is 75.7 cm³/mol. The van der Waals surface area contributed by atoms with Crippen LogP contribution >= 0.6 is 11.8 Å². The van der Waals surface area contributed by atoms with Gasteiger partial charge in [0.25, 0.3) is 0 Å². The molecule has 2 heterocycles. The van der Waals surface area contributed by atoms with Gasteiger partial charge < -0.3 is 5.32 Å². The first-order valence-electron chi connectivity index (χ1n) is 6.04. The number of nitrogens with zero attached hydrogens (tertiary/aromatic N) is 1. The average molecular weight is 244 g/mol. The highest BCUT2D eigenvalue weighted by molar-refractivity contribution is 8.00. The largest absolute Gasteiger partial charge is 0.380 e. The first-order valence-corrected chi connectivity index (χ1v) is 7.09. The van der Waals surface area contributed by atoms with Gasteiger partial charge in [-0.1, -0.05) is 25.1 Å². The van der Waals surface area contributed by atoms with E-state index in [0.29, 0.717) is 6.04 Å². The maximum atomic E-state index is 4.47. The third-order valence-corrected chi connectivity index (χ3v) is 4.52. The Hall–Kier alpha value is -1.22. The van der Waals surface area contributed by atoms with Crippen LogP contribution in [-0.4, -0.2) is 22.0 Å².